The number of hydrogen-bond donors (Lipinski definition) is 1. The summed E-state index contributed by atoms with van der Waals surface area (Å²) in [4.78, 5) is 25.2. The van der Waals surface area contributed by atoms with Crippen LogP contribution in [0.5, 0.6) is 0 Å². The van der Waals surface area contributed by atoms with Crippen molar-refractivity contribution in [1.82, 2.24) is 4.90 Å². The Kier molecular flexibility index (Phi) is 4.30. The first kappa shape index (κ1) is 14.8. The second kappa shape index (κ2) is 5.81. The van der Waals surface area contributed by atoms with Crippen LogP contribution in [0.4, 0.5) is 0 Å². The molecule has 0 bridgehead atoms. The van der Waals surface area contributed by atoms with Gasteiger partial charge in [0.25, 0.3) is 5.91 Å². The number of ether oxygens (including phenoxy) is 1. The highest BCUT2D eigenvalue weighted by molar-refractivity contribution is 6.31. The van der Waals surface area contributed by atoms with Gasteiger partial charge in [0.1, 0.15) is 6.04 Å². The van der Waals surface area contributed by atoms with Crippen LogP contribution in [0, 0.1) is 6.92 Å². The van der Waals surface area contributed by atoms with Crippen molar-refractivity contribution in [2.24, 2.45) is 0 Å². The van der Waals surface area contributed by atoms with E-state index in [9.17, 15) is 14.7 Å². The quantitative estimate of drug-likeness (QED) is 0.926. The molecule has 1 aliphatic rings. The predicted molar refractivity (Wildman–Crippen MR) is 74.1 cm³/mol. The number of nitrogens with zero attached hydrogens (tertiary/aromatic N) is 1. The molecule has 1 heterocycles. The van der Waals surface area contributed by atoms with Crippen molar-refractivity contribution >= 4 is 23.5 Å². The normalized spacial score (nSPS) is 22.1. The maximum Gasteiger partial charge on any atom is 0.326 e. The number of carboxylic acids is 1. The fourth-order valence-corrected chi connectivity index (χ4v) is 2.58. The smallest absolute Gasteiger partial charge is 0.326 e. The second-order valence-electron chi connectivity index (χ2n) is 4.86. The minimum Gasteiger partial charge on any atom is -0.480 e. The Labute approximate surface area is 122 Å². The third-order valence-electron chi connectivity index (χ3n) is 3.57. The van der Waals surface area contributed by atoms with Gasteiger partial charge in [0, 0.05) is 30.7 Å². The summed E-state index contributed by atoms with van der Waals surface area (Å²) in [5.74, 6) is -1.34. The van der Waals surface area contributed by atoms with Gasteiger partial charge < -0.3 is 14.7 Å². The molecule has 1 aliphatic heterocycles. The largest absolute Gasteiger partial charge is 0.480 e. The van der Waals surface area contributed by atoms with E-state index >= 15 is 0 Å². The highest BCUT2D eigenvalue weighted by atomic mass is 35.5. The van der Waals surface area contributed by atoms with E-state index in [1.165, 1.54) is 12.0 Å². The SMILES string of the molecule is COC1CC(C(=O)O)N(C(=O)c2cc(Cl)ccc2C)C1. The van der Waals surface area contributed by atoms with E-state index in [4.69, 9.17) is 16.3 Å². The lowest BCUT2D eigenvalue weighted by Crippen LogP contribution is -2.40. The number of likely N-dealkylation sites (tertiary alicyclic amines) is 1. The van der Waals surface area contributed by atoms with Crippen LogP contribution in [0.15, 0.2) is 18.2 Å². The number of halogens is 1. The van der Waals surface area contributed by atoms with Gasteiger partial charge in [-0.15, -0.1) is 0 Å². The first-order valence-electron chi connectivity index (χ1n) is 6.26. The molecule has 5 nitrogen and oxygen atoms in total. The van der Waals surface area contributed by atoms with Crippen LogP contribution in [0.25, 0.3) is 0 Å². The van der Waals surface area contributed by atoms with Crippen molar-refractivity contribution in [3.8, 4) is 0 Å². The van der Waals surface area contributed by atoms with Gasteiger partial charge in [0.15, 0.2) is 0 Å². The van der Waals surface area contributed by atoms with E-state index in [-0.39, 0.29) is 18.6 Å². The van der Waals surface area contributed by atoms with Crippen molar-refractivity contribution < 1.29 is 19.4 Å². The molecule has 1 fully saturated rings. The molecule has 1 aromatic carbocycles. The Morgan fingerprint density at radius 3 is 2.75 bits per heavy atom. The van der Waals surface area contributed by atoms with Crippen LogP contribution in [0.1, 0.15) is 22.3 Å². The van der Waals surface area contributed by atoms with Crippen molar-refractivity contribution in [1.29, 1.82) is 0 Å². The van der Waals surface area contributed by atoms with E-state index in [1.807, 2.05) is 0 Å². The maximum absolute atomic E-state index is 12.5. The molecule has 1 aromatic rings. The molecule has 2 atom stereocenters. The molecule has 20 heavy (non-hydrogen) atoms. The number of carbonyl (C=O) groups excluding carboxylic acids is 1. The summed E-state index contributed by atoms with van der Waals surface area (Å²) in [6.07, 6.45) is 0.0523. The lowest BCUT2D eigenvalue weighted by atomic mass is 10.1. The number of methoxy groups -OCH3 is 1. The standard InChI is InChI=1S/C14H16ClNO4/c1-8-3-4-9(15)5-11(8)13(17)16-7-10(20-2)6-12(16)14(18)19/h3-5,10,12H,6-7H2,1-2H3,(H,18,19). The van der Waals surface area contributed by atoms with Gasteiger partial charge in [-0.2, -0.15) is 0 Å². The molecule has 1 N–H and O–H groups in total. The monoisotopic (exact) mass is 297 g/mol. The van der Waals surface area contributed by atoms with Gasteiger partial charge in [-0.25, -0.2) is 4.79 Å². The Morgan fingerprint density at radius 2 is 2.15 bits per heavy atom. The van der Waals surface area contributed by atoms with Crippen LogP contribution < -0.4 is 0 Å². The molecular formula is C14H16ClNO4. The van der Waals surface area contributed by atoms with E-state index < -0.39 is 12.0 Å². The number of amides is 1. The summed E-state index contributed by atoms with van der Waals surface area (Å²) in [6, 6.07) is 4.16. The number of rotatable bonds is 3. The molecule has 6 heteroatoms. The maximum atomic E-state index is 12.5. The molecule has 2 rings (SSSR count). The van der Waals surface area contributed by atoms with Gasteiger partial charge in [-0.3, -0.25) is 4.79 Å². The summed E-state index contributed by atoms with van der Waals surface area (Å²) in [7, 11) is 1.52. The molecule has 0 spiro atoms. The van der Waals surface area contributed by atoms with Crippen molar-refractivity contribution in [2.45, 2.75) is 25.5 Å². The number of aryl methyl sites for hydroxylation is 1. The fraction of sp³-hybridized carbons (Fsp3) is 0.429. The molecule has 108 valence electrons. The van der Waals surface area contributed by atoms with Crippen molar-refractivity contribution in [3.05, 3.63) is 34.3 Å². The summed E-state index contributed by atoms with van der Waals surface area (Å²) in [5.41, 5.74) is 1.20. The zero-order chi connectivity index (χ0) is 14.9. The van der Waals surface area contributed by atoms with E-state index in [2.05, 4.69) is 0 Å². The molecular weight excluding hydrogens is 282 g/mol. The number of hydrogen-bond acceptors (Lipinski definition) is 3. The van der Waals surface area contributed by atoms with E-state index in [0.717, 1.165) is 5.56 Å². The Bertz CT molecular complexity index is 546. The van der Waals surface area contributed by atoms with Gasteiger partial charge in [-0.05, 0) is 24.6 Å². The third kappa shape index (κ3) is 2.78. The molecule has 1 amide bonds. The average molecular weight is 298 g/mol. The summed E-state index contributed by atoms with van der Waals surface area (Å²) in [6.45, 7) is 2.07. The molecule has 0 aromatic heterocycles. The minimum absolute atomic E-state index is 0.250. The van der Waals surface area contributed by atoms with Gasteiger partial charge in [-0.1, -0.05) is 17.7 Å². The Balaban J connectivity index is 2.31. The summed E-state index contributed by atoms with van der Waals surface area (Å²) >= 11 is 5.91. The minimum atomic E-state index is -1.02. The first-order chi connectivity index (χ1) is 9.43. The highest BCUT2D eigenvalue weighted by Gasteiger charge is 2.40. The van der Waals surface area contributed by atoms with Crippen molar-refractivity contribution in [3.63, 3.8) is 0 Å². The molecule has 2 unspecified atom stereocenters. The van der Waals surface area contributed by atoms with Crippen LogP contribution >= 0.6 is 11.6 Å². The van der Waals surface area contributed by atoms with Crippen LogP contribution in [-0.2, 0) is 9.53 Å². The zero-order valence-electron chi connectivity index (χ0n) is 11.3. The highest BCUT2D eigenvalue weighted by Crippen LogP contribution is 2.25. The third-order valence-corrected chi connectivity index (χ3v) is 3.81. The second-order valence-corrected chi connectivity index (χ2v) is 5.30. The molecule has 0 radical (unpaired) electrons. The number of carbonyl (C=O) groups is 2. The molecule has 1 saturated heterocycles. The van der Waals surface area contributed by atoms with E-state index in [0.29, 0.717) is 17.0 Å². The lowest BCUT2D eigenvalue weighted by molar-refractivity contribution is -0.141. The summed E-state index contributed by atoms with van der Waals surface area (Å²) < 4.78 is 5.18. The predicted octanol–water partition coefficient (Wildman–Crippen LogP) is 1.96. The molecule has 0 aliphatic carbocycles. The number of benzene rings is 1. The van der Waals surface area contributed by atoms with E-state index in [1.54, 1.807) is 25.1 Å². The number of aliphatic carboxylic acids is 1. The topological polar surface area (TPSA) is 66.8 Å². The fourth-order valence-electron chi connectivity index (χ4n) is 2.41. The Morgan fingerprint density at radius 1 is 1.45 bits per heavy atom. The number of carboxylic acid groups (broad SMARTS) is 1. The van der Waals surface area contributed by atoms with Crippen LogP contribution in [0.2, 0.25) is 5.02 Å². The lowest BCUT2D eigenvalue weighted by Gasteiger charge is -2.22. The van der Waals surface area contributed by atoms with Crippen LogP contribution in [0.3, 0.4) is 0 Å². The van der Waals surface area contributed by atoms with Gasteiger partial charge in [0.2, 0.25) is 0 Å². The van der Waals surface area contributed by atoms with Crippen molar-refractivity contribution in [2.75, 3.05) is 13.7 Å². The van der Waals surface area contributed by atoms with Crippen LogP contribution in [-0.4, -0.2) is 47.7 Å². The zero-order valence-corrected chi connectivity index (χ0v) is 12.1. The summed E-state index contributed by atoms with van der Waals surface area (Å²) in [5, 5.41) is 9.69. The first-order valence-corrected chi connectivity index (χ1v) is 6.64. The molecule has 0 saturated carbocycles. The van der Waals surface area contributed by atoms with Gasteiger partial charge in [0.05, 0.1) is 6.10 Å². The average Bonchev–Trinajstić information content (AvgIpc) is 2.85. The van der Waals surface area contributed by atoms with Gasteiger partial charge >= 0.3 is 5.97 Å². The Hall–Kier alpha value is -1.59.